The van der Waals surface area contributed by atoms with Gasteiger partial charge in [-0.15, -0.1) is 11.3 Å². The van der Waals surface area contributed by atoms with Crippen LogP contribution in [-0.4, -0.2) is 34.6 Å². The monoisotopic (exact) mass is 242 g/mol. The molecule has 0 aromatic carbocycles. The molecule has 1 rings (SSSR count). The van der Waals surface area contributed by atoms with E-state index < -0.39 is 5.97 Å². The van der Waals surface area contributed by atoms with Crippen LogP contribution in [0, 0.1) is 5.92 Å². The molecule has 0 aliphatic heterocycles. The fourth-order valence-corrected chi connectivity index (χ4v) is 2.21. The van der Waals surface area contributed by atoms with Gasteiger partial charge in [0.2, 0.25) is 0 Å². The van der Waals surface area contributed by atoms with Gasteiger partial charge in [0.15, 0.2) is 0 Å². The maximum Gasteiger partial charge on any atom is 0.307 e. The van der Waals surface area contributed by atoms with Crippen LogP contribution in [0.2, 0.25) is 0 Å². The minimum Gasteiger partial charge on any atom is -0.481 e. The maximum atomic E-state index is 10.7. The number of carboxylic acid groups (broad SMARTS) is 1. The molecule has 0 fully saturated rings. The Balaban J connectivity index is 2.44. The topological polar surface area (TPSA) is 53.4 Å². The highest BCUT2D eigenvalue weighted by atomic mass is 32.1. The summed E-state index contributed by atoms with van der Waals surface area (Å²) in [5, 5.41) is 12.0. The van der Waals surface area contributed by atoms with E-state index >= 15 is 0 Å². The Kier molecular flexibility index (Phi) is 4.89. The molecule has 1 aromatic heterocycles. The predicted octanol–water partition coefficient (Wildman–Crippen LogP) is 1.86. The lowest BCUT2D eigenvalue weighted by molar-refractivity contribution is -0.141. The molecule has 0 aliphatic carbocycles. The minimum absolute atomic E-state index is 0.339. The molecule has 1 N–H and O–H groups in total. The Morgan fingerprint density at radius 1 is 1.69 bits per heavy atom. The van der Waals surface area contributed by atoms with Crippen molar-refractivity contribution < 1.29 is 9.90 Å². The molecule has 0 amide bonds. The van der Waals surface area contributed by atoms with Crippen molar-refractivity contribution in [2.75, 3.05) is 13.6 Å². The molecular weight excluding hydrogens is 224 g/mol. The van der Waals surface area contributed by atoms with Crippen LogP contribution in [-0.2, 0) is 17.8 Å². The summed E-state index contributed by atoms with van der Waals surface area (Å²) in [6, 6.07) is 0. The highest BCUT2D eigenvalue weighted by Gasteiger charge is 2.14. The van der Waals surface area contributed by atoms with E-state index in [-0.39, 0.29) is 5.92 Å². The standard InChI is InChI=1S/C11H18N2O2S/c1-4-10-12-9(7-16-10)6-13(3)5-8(2)11(14)15/h7-8H,4-6H2,1-3H3,(H,14,15). The number of hydrogen-bond acceptors (Lipinski definition) is 4. The first kappa shape index (κ1) is 13.1. The van der Waals surface area contributed by atoms with E-state index in [2.05, 4.69) is 11.9 Å². The largest absolute Gasteiger partial charge is 0.481 e. The molecule has 0 saturated carbocycles. The Bertz CT molecular complexity index is 352. The third kappa shape index (κ3) is 3.90. The Hall–Kier alpha value is -0.940. The molecule has 0 saturated heterocycles. The molecule has 0 aliphatic rings. The van der Waals surface area contributed by atoms with Crippen molar-refractivity contribution in [2.45, 2.75) is 26.8 Å². The van der Waals surface area contributed by atoms with Crippen LogP contribution in [0.1, 0.15) is 24.5 Å². The Labute approximate surface area is 99.9 Å². The van der Waals surface area contributed by atoms with E-state index in [1.54, 1.807) is 18.3 Å². The third-order valence-electron chi connectivity index (χ3n) is 2.34. The highest BCUT2D eigenvalue weighted by Crippen LogP contribution is 2.12. The molecule has 0 bridgehead atoms. The molecule has 0 radical (unpaired) electrons. The van der Waals surface area contributed by atoms with Gasteiger partial charge in [0.1, 0.15) is 0 Å². The number of aliphatic carboxylic acids is 1. The summed E-state index contributed by atoms with van der Waals surface area (Å²) in [5.74, 6) is -1.09. The summed E-state index contributed by atoms with van der Waals surface area (Å²) >= 11 is 1.66. The summed E-state index contributed by atoms with van der Waals surface area (Å²) in [6.45, 7) is 5.07. The first-order valence-electron chi connectivity index (χ1n) is 5.37. The predicted molar refractivity (Wildman–Crippen MR) is 64.6 cm³/mol. The van der Waals surface area contributed by atoms with Crippen LogP contribution in [0.4, 0.5) is 0 Å². The Morgan fingerprint density at radius 3 is 2.88 bits per heavy atom. The van der Waals surface area contributed by atoms with Crippen LogP contribution >= 0.6 is 11.3 Å². The van der Waals surface area contributed by atoms with Crippen LogP contribution in [0.25, 0.3) is 0 Å². The second-order valence-electron chi connectivity index (χ2n) is 4.02. The fourth-order valence-electron chi connectivity index (χ4n) is 1.47. The molecule has 1 aromatic rings. The number of aryl methyl sites for hydroxylation is 1. The molecule has 1 heterocycles. The second-order valence-corrected chi connectivity index (χ2v) is 4.96. The summed E-state index contributed by atoms with van der Waals surface area (Å²) in [4.78, 5) is 17.1. The van der Waals surface area contributed by atoms with Crippen molar-refractivity contribution in [3.05, 3.63) is 16.1 Å². The zero-order valence-corrected chi connectivity index (χ0v) is 10.8. The lowest BCUT2D eigenvalue weighted by atomic mass is 10.2. The van der Waals surface area contributed by atoms with Crippen molar-refractivity contribution in [1.82, 2.24) is 9.88 Å². The van der Waals surface area contributed by atoms with Gasteiger partial charge in [-0.25, -0.2) is 4.98 Å². The van der Waals surface area contributed by atoms with E-state index in [4.69, 9.17) is 5.11 Å². The zero-order valence-electron chi connectivity index (χ0n) is 9.93. The van der Waals surface area contributed by atoms with E-state index in [1.807, 2.05) is 17.3 Å². The van der Waals surface area contributed by atoms with Crippen LogP contribution < -0.4 is 0 Å². The van der Waals surface area contributed by atoms with Gasteiger partial charge in [-0.05, 0) is 13.5 Å². The third-order valence-corrected chi connectivity index (χ3v) is 3.38. The molecule has 1 unspecified atom stereocenters. The number of nitrogens with zero attached hydrogens (tertiary/aromatic N) is 2. The molecule has 4 nitrogen and oxygen atoms in total. The van der Waals surface area contributed by atoms with Crippen LogP contribution in [0.5, 0.6) is 0 Å². The molecule has 90 valence electrons. The van der Waals surface area contributed by atoms with Gasteiger partial charge in [0.05, 0.1) is 16.6 Å². The van der Waals surface area contributed by atoms with Gasteiger partial charge in [-0.1, -0.05) is 13.8 Å². The number of carbonyl (C=O) groups is 1. The quantitative estimate of drug-likeness (QED) is 0.827. The molecule has 1 atom stereocenters. The number of hydrogen-bond donors (Lipinski definition) is 1. The lowest BCUT2D eigenvalue weighted by Crippen LogP contribution is -2.28. The zero-order chi connectivity index (χ0) is 12.1. The SMILES string of the molecule is CCc1nc(CN(C)CC(C)C(=O)O)cs1. The number of rotatable bonds is 6. The summed E-state index contributed by atoms with van der Waals surface area (Å²) in [7, 11) is 1.92. The number of carboxylic acids is 1. The Morgan fingerprint density at radius 2 is 2.38 bits per heavy atom. The van der Waals surface area contributed by atoms with Gasteiger partial charge >= 0.3 is 5.97 Å². The smallest absolute Gasteiger partial charge is 0.307 e. The second kappa shape index (κ2) is 5.96. The first-order chi connectivity index (χ1) is 7.52. The van der Waals surface area contributed by atoms with Gasteiger partial charge in [-0.3, -0.25) is 9.69 Å². The molecule has 16 heavy (non-hydrogen) atoms. The van der Waals surface area contributed by atoms with Crippen LogP contribution in [0.3, 0.4) is 0 Å². The van der Waals surface area contributed by atoms with Gasteiger partial charge in [0.25, 0.3) is 0 Å². The van der Waals surface area contributed by atoms with E-state index in [0.29, 0.717) is 13.1 Å². The number of aromatic nitrogens is 1. The average molecular weight is 242 g/mol. The van der Waals surface area contributed by atoms with E-state index in [9.17, 15) is 4.79 Å². The summed E-state index contributed by atoms with van der Waals surface area (Å²) < 4.78 is 0. The normalized spacial score (nSPS) is 13.0. The molecular formula is C11H18N2O2S. The molecule has 0 spiro atoms. The van der Waals surface area contributed by atoms with Crippen LogP contribution in [0.15, 0.2) is 5.38 Å². The first-order valence-corrected chi connectivity index (χ1v) is 6.25. The maximum absolute atomic E-state index is 10.7. The average Bonchev–Trinajstić information content (AvgIpc) is 2.65. The van der Waals surface area contributed by atoms with Gasteiger partial charge in [0, 0.05) is 18.5 Å². The van der Waals surface area contributed by atoms with Gasteiger partial charge in [-0.2, -0.15) is 0 Å². The highest BCUT2D eigenvalue weighted by molar-refractivity contribution is 7.09. The lowest BCUT2D eigenvalue weighted by Gasteiger charge is -2.17. The van der Waals surface area contributed by atoms with E-state index in [0.717, 1.165) is 17.1 Å². The van der Waals surface area contributed by atoms with Crippen molar-refractivity contribution in [3.8, 4) is 0 Å². The number of thiazole rings is 1. The van der Waals surface area contributed by atoms with Crippen molar-refractivity contribution in [2.24, 2.45) is 5.92 Å². The molecule has 5 heteroatoms. The van der Waals surface area contributed by atoms with Crippen molar-refractivity contribution in [1.29, 1.82) is 0 Å². The van der Waals surface area contributed by atoms with E-state index in [1.165, 1.54) is 0 Å². The summed E-state index contributed by atoms with van der Waals surface area (Å²) in [5.41, 5.74) is 1.03. The minimum atomic E-state index is -0.751. The summed E-state index contributed by atoms with van der Waals surface area (Å²) in [6.07, 6.45) is 0.958. The van der Waals surface area contributed by atoms with Crippen molar-refractivity contribution in [3.63, 3.8) is 0 Å². The van der Waals surface area contributed by atoms with Crippen molar-refractivity contribution >= 4 is 17.3 Å². The van der Waals surface area contributed by atoms with Gasteiger partial charge < -0.3 is 5.11 Å². The fraction of sp³-hybridized carbons (Fsp3) is 0.636.